The number of aliphatic hydroxyl groups excluding tert-OH is 2. The van der Waals surface area contributed by atoms with Crippen molar-refractivity contribution in [2.45, 2.75) is 30.3 Å². The first-order valence-electron chi connectivity index (χ1n) is 10.2. The zero-order chi connectivity index (χ0) is 24.8. The Morgan fingerprint density at radius 2 is 1.67 bits per heavy atom. The van der Waals surface area contributed by atoms with Crippen molar-refractivity contribution in [2.24, 2.45) is 23.5 Å². The number of carbonyl (C=O) groups is 4. The normalized spacial score (nSPS) is 38.2. The number of aliphatic hydroxyl groups is 4. The van der Waals surface area contributed by atoms with Gasteiger partial charge in [0.05, 0.1) is 35.1 Å². The maximum atomic E-state index is 13.7. The lowest BCUT2D eigenvalue weighted by Crippen LogP contribution is -2.74. The summed E-state index contributed by atoms with van der Waals surface area (Å²) < 4.78 is 0. The van der Waals surface area contributed by atoms with Crippen molar-refractivity contribution in [3.05, 3.63) is 40.7 Å². The summed E-state index contributed by atoms with van der Waals surface area (Å²) in [6.07, 6.45) is -1.87. The first-order valence-corrected chi connectivity index (χ1v) is 10.2. The second-order valence-electron chi connectivity index (χ2n) is 9.22. The van der Waals surface area contributed by atoms with Crippen LogP contribution in [0, 0.1) is 17.8 Å². The number of fused-ring (bicyclic) bond motifs is 3. The van der Waals surface area contributed by atoms with Crippen molar-refractivity contribution in [3.8, 4) is 5.75 Å². The van der Waals surface area contributed by atoms with Crippen LogP contribution in [0.2, 0.25) is 0 Å². The Kier molecular flexibility index (Phi) is 4.85. The molecule has 1 aromatic carbocycles. The first kappa shape index (κ1) is 23.1. The highest BCUT2D eigenvalue weighted by Gasteiger charge is 2.72. The van der Waals surface area contributed by atoms with Crippen LogP contribution >= 0.6 is 0 Å². The molecule has 4 rings (SSSR count). The second kappa shape index (κ2) is 6.94. The van der Waals surface area contributed by atoms with Crippen LogP contribution in [0.25, 0.3) is 0 Å². The predicted molar refractivity (Wildman–Crippen MR) is 110 cm³/mol. The third-order valence-corrected chi connectivity index (χ3v) is 7.26. The topological polar surface area (TPSA) is 199 Å². The third kappa shape index (κ3) is 2.64. The number of amides is 1. The van der Waals surface area contributed by atoms with E-state index in [0.29, 0.717) is 0 Å². The molecule has 11 heteroatoms. The summed E-state index contributed by atoms with van der Waals surface area (Å²) >= 11 is 0. The summed E-state index contributed by atoms with van der Waals surface area (Å²) in [5.41, 5.74) is -1.25. The number of hydrogen-bond donors (Lipinski definition) is 6. The average molecular weight is 460 g/mol. The van der Waals surface area contributed by atoms with Gasteiger partial charge in [-0.2, -0.15) is 0 Å². The summed E-state index contributed by atoms with van der Waals surface area (Å²) in [6.45, 7) is 1.25. The molecule has 0 aliphatic heterocycles. The van der Waals surface area contributed by atoms with Crippen molar-refractivity contribution < 1.29 is 44.7 Å². The maximum absolute atomic E-state index is 13.7. The molecule has 7 N–H and O–H groups in total. The molecule has 0 radical (unpaired) electrons. The van der Waals surface area contributed by atoms with E-state index in [-0.39, 0.29) is 11.1 Å². The number of nitrogens with two attached hydrogens (primary N) is 1. The molecule has 11 nitrogen and oxygen atoms in total. The first-order chi connectivity index (χ1) is 15.2. The second-order valence-corrected chi connectivity index (χ2v) is 9.22. The van der Waals surface area contributed by atoms with Gasteiger partial charge in [-0.3, -0.25) is 24.1 Å². The van der Waals surface area contributed by atoms with Crippen LogP contribution in [-0.2, 0) is 20.0 Å². The van der Waals surface area contributed by atoms with Gasteiger partial charge in [-0.25, -0.2) is 0 Å². The monoisotopic (exact) mass is 460 g/mol. The maximum Gasteiger partial charge on any atom is 0.255 e. The Balaban J connectivity index is 2.05. The zero-order valence-corrected chi connectivity index (χ0v) is 18.0. The van der Waals surface area contributed by atoms with Gasteiger partial charge in [0.1, 0.15) is 17.1 Å². The minimum absolute atomic E-state index is 0.0350. The molecular weight excluding hydrogens is 436 g/mol. The SMILES string of the molecule is CN(C)[C@@H]1C(=O)C(C(N)=O)=C(O)[C@@]2(O)C(=O)C3C(=O)c4c(O)cccc4[C@@](C)(O)[C@H]3[C@H](O)[C@@H]12. The van der Waals surface area contributed by atoms with Crippen molar-refractivity contribution >= 4 is 23.3 Å². The molecule has 1 aromatic rings. The molecule has 1 saturated carbocycles. The summed E-state index contributed by atoms with van der Waals surface area (Å²) in [6, 6.07) is 2.42. The Morgan fingerprint density at radius 3 is 2.21 bits per heavy atom. The molecule has 0 spiro atoms. The van der Waals surface area contributed by atoms with E-state index in [1.807, 2.05) is 0 Å². The fourth-order valence-electron chi connectivity index (χ4n) is 5.83. The van der Waals surface area contributed by atoms with E-state index < -0.39 is 81.4 Å². The number of phenolic OH excluding ortho intramolecular Hbond substituents is 1. The fourth-order valence-corrected chi connectivity index (χ4v) is 5.83. The Hall–Kier alpha value is -3.12. The predicted octanol–water partition coefficient (Wildman–Crippen LogP) is -1.87. The number of primary amides is 1. The number of ketones is 3. The molecule has 1 unspecified atom stereocenters. The average Bonchev–Trinajstić information content (AvgIpc) is 2.70. The van der Waals surface area contributed by atoms with E-state index >= 15 is 0 Å². The van der Waals surface area contributed by atoms with Gasteiger partial charge < -0.3 is 31.3 Å². The summed E-state index contributed by atoms with van der Waals surface area (Å²) in [4.78, 5) is 53.3. The van der Waals surface area contributed by atoms with Gasteiger partial charge >= 0.3 is 0 Å². The number of hydrogen-bond acceptors (Lipinski definition) is 10. The van der Waals surface area contributed by atoms with Crippen molar-refractivity contribution in [2.75, 3.05) is 14.1 Å². The van der Waals surface area contributed by atoms with Gasteiger partial charge in [0.2, 0.25) is 0 Å². The molecular formula is C22H24N2O9. The fraction of sp³-hybridized carbons (Fsp3) is 0.455. The highest BCUT2D eigenvalue weighted by atomic mass is 16.4. The number of likely N-dealkylation sites (N-methyl/N-ethyl adjacent to an activating group) is 1. The van der Waals surface area contributed by atoms with Gasteiger partial charge in [-0.05, 0) is 32.6 Å². The molecule has 0 aromatic heterocycles. The lowest BCUT2D eigenvalue weighted by atomic mass is 9.50. The van der Waals surface area contributed by atoms with Gasteiger partial charge in [0, 0.05) is 5.92 Å². The van der Waals surface area contributed by atoms with E-state index in [4.69, 9.17) is 5.73 Å². The molecule has 3 aliphatic rings. The molecule has 0 saturated heterocycles. The van der Waals surface area contributed by atoms with E-state index in [0.717, 1.165) is 0 Å². The Labute approximate surface area is 187 Å². The molecule has 7 atom stereocenters. The lowest BCUT2D eigenvalue weighted by molar-refractivity contribution is -0.202. The van der Waals surface area contributed by atoms with E-state index in [1.165, 1.54) is 44.1 Å². The van der Waals surface area contributed by atoms with Gasteiger partial charge in [0.25, 0.3) is 5.91 Å². The Bertz CT molecular complexity index is 1150. The van der Waals surface area contributed by atoms with Crippen LogP contribution in [0.1, 0.15) is 22.8 Å². The quantitative estimate of drug-likeness (QED) is 0.215. The van der Waals surface area contributed by atoms with E-state index in [2.05, 4.69) is 0 Å². The van der Waals surface area contributed by atoms with Crippen LogP contribution in [-0.4, -0.2) is 85.5 Å². The number of nitrogens with zero attached hydrogens (tertiary/aromatic N) is 1. The van der Waals surface area contributed by atoms with Gasteiger partial charge in [-0.15, -0.1) is 0 Å². The highest BCUT2D eigenvalue weighted by molar-refractivity contribution is 6.25. The molecule has 0 bridgehead atoms. The molecule has 0 heterocycles. The Morgan fingerprint density at radius 1 is 1.06 bits per heavy atom. The highest BCUT2D eigenvalue weighted by Crippen LogP contribution is 2.56. The number of rotatable bonds is 2. The number of carbonyl (C=O) groups excluding carboxylic acids is 4. The van der Waals surface area contributed by atoms with Gasteiger partial charge in [0.15, 0.2) is 23.0 Å². The van der Waals surface area contributed by atoms with Crippen molar-refractivity contribution in [3.63, 3.8) is 0 Å². The van der Waals surface area contributed by atoms with Crippen LogP contribution in [0.3, 0.4) is 0 Å². The summed E-state index contributed by atoms with van der Waals surface area (Å²) in [5, 5.41) is 55.3. The molecule has 33 heavy (non-hydrogen) atoms. The van der Waals surface area contributed by atoms with E-state index in [1.54, 1.807) is 0 Å². The zero-order valence-electron chi connectivity index (χ0n) is 18.0. The molecule has 1 amide bonds. The minimum atomic E-state index is -3.03. The van der Waals surface area contributed by atoms with Crippen LogP contribution in [0.5, 0.6) is 5.75 Å². The van der Waals surface area contributed by atoms with Crippen LogP contribution in [0.15, 0.2) is 29.5 Å². The van der Waals surface area contributed by atoms with Crippen molar-refractivity contribution in [1.29, 1.82) is 0 Å². The van der Waals surface area contributed by atoms with E-state index in [9.17, 15) is 44.7 Å². The standard InChI is InChI=1S/C22H24N2O9/c1-21(32)7-5-4-6-8(25)9(7)15(26)10-12(21)17(28)13-14(24(2)3)16(27)11(20(23)31)19(30)22(13,33)18(10)29/h4-6,10,12-14,17,25,28,30,32-33H,1-3H3,(H2,23,31)/t10?,12-,13-,14+,17+,21-,22+/m1/s1. The molecule has 176 valence electrons. The van der Waals surface area contributed by atoms with Crippen LogP contribution < -0.4 is 5.73 Å². The third-order valence-electron chi connectivity index (χ3n) is 7.26. The number of phenols is 1. The molecule has 1 fully saturated rings. The minimum Gasteiger partial charge on any atom is -0.508 e. The smallest absolute Gasteiger partial charge is 0.255 e. The molecule has 3 aliphatic carbocycles. The van der Waals surface area contributed by atoms with Crippen LogP contribution in [0.4, 0.5) is 0 Å². The number of benzene rings is 1. The van der Waals surface area contributed by atoms with Crippen molar-refractivity contribution in [1.82, 2.24) is 4.90 Å². The number of Topliss-reactive ketones (excluding diaryl/α,β-unsaturated/α-hetero) is 3. The van der Waals surface area contributed by atoms with Gasteiger partial charge in [-0.1, -0.05) is 12.1 Å². The lowest BCUT2D eigenvalue weighted by Gasteiger charge is -2.57. The number of aromatic hydroxyl groups is 1. The summed E-state index contributed by atoms with van der Waals surface area (Å²) in [5.74, 6) is -11.8. The largest absolute Gasteiger partial charge is 0.508 e. The summed E-state index contributed by atoms with van der Waals surface area (Å²) in [7, 11) is 2.79.